The molecular formula is C9H12ClFN2O. The summed E-state index contributed by atoms with van der Waals surface area (Å²) in [7, 11) is 1.41. The first-order valence-electron chi connectivity index (χ1n) is 3.79. The van der Waals surface area contributed by atoms with Crippen molar-refractivity contribution in [3.05, 3.63) is 29.6 Å². The standard InChI is InChI=1S/C9H11FN2O.ClH/c1-13-8-3-2-6(4-7(8)10)5-9(11)12;/h2-4H,5H2,1H3,(H3,11,12);1H. The SMILES string of the molecule is COc1ccc(CC(=N)N)cc1F.Cl. The topological polar surface area (TPSA) is 59.1 Å². The molecule has 0 atom stereocenters. The van der Waals surface area contributed by atoms with Crippen LogP contribution in [0.25, 0.3) is 0 Å². The van der Waals surface area contributed by atoms with E-state index >= 15 is 0 Å². The van der Waals surface area contributed by atoms with Crippen molar-refractivity contribution in [2.45, 2.75) is 6.42 Å². The van der Waals surface area contributed by atoms with E-state index in [1.54, 1.807) is 6.07 Å². The molecule has 0 amide bonds. The first-order chi connectivity index (χ1) is 6.13. The molecule has 0 unspecified atom stereocenters. The van der Waals surface area contributed by atoms with Gasteiger partial charge in [-0.1, -0.05) is 6.07 Å². The number of amidine groups is 1. The van der Waals surface area contributed by atoms with E-state index in [0.717, 1.165) is 0 Å². The number of rotatable bonds is 3. The van der Waals surface area contributed by atoms with Crippen molar-refractivity contribution < 1.29 is 9.13 Å². The van der Waals surface area contributed by atoms with E-state index < -0.39 is 5.82 Å². The lowest BCUT2D eigenvalue weighted by molar-refractivity contribution is 0.386. The Morgan fingerprint density at radius 3 is 2.64 bits per heavy atom. The first kappa shape index (κ1) is 12.7. The van der Waals surface area contributed by atoms with Crippen molar-refractivity contribution in [1.29, 1.82) is 5.41 Å². The van der Waals surface area contributed by atoms with E-state index in [-0.39, 0.29) is 30.4 Å². The van der Waals surface area contributed by atoms with Crippen LogP contribution in [0.4, 0.5) is 4.39 Å². The number of halogens is 2. The molecule has 0 radical (unpaired) electrons. The zero-order chi connectivity index (χ0) is 9.84. The summed E-state index contributed by atoms with van der Waals surface area (Å²) in [6.07, 6.45) is 0.265. The molecule has 14 heavy (non-hydrogen) atoms. The summed E-state index contributed by atoms with van der Waals surface area (Å²) in [6.45, 7) is 0. The highest BCUT2D eigenvalue weighted by atomic mass is 35.5. The normalized spacial score (nSPS) is 9.00. The molecule has 1 aromatic rings. The fourth-order valence-electron chi connectivity index (χ4n) is 1.04. The minimum atomic E-state index is -0.429. The minimum Gasteiger partial charge on any atom is -0.494 e. The number of hydrogen-bond acceptors (Lipinski definition) is 2. The van der Waals surface area contributed by atoms with Gasteiger partial charge < -0.3 is 10.5 Å². The molecule has 0 saturated heterocycles. The number of ether oxygens (including phenoxy) is 1. The van der Waals surface area contributed by atoms with Gasteiger partial charge in [-0.25, -0.2) is 4.39 Å². The number of hydrogen-bond donors (Lipinski definition) is 2. The van der Waals surface area contributed by atoms with Gasteiger partial charge in [0.05, 0.1) is 12.9 Å². The molecule has 0 saturated carbocycles. The van der Waals surface area contributed by atoms with Gasteiger partial charge >= 0.3 is 0 Å². The summed E-state index contributed by atoms with van der Waals surface area (Å²) >= 11 is 0. The molecule has 3 N–H and O–H groups in total. The predicted molar refractivity (Wildman–Crippen MR) is 55.8 cm³/mol. The second kappa shape index (κ2) is 5.44. The monoisotopic (exact) mass is 218 g/mol. The lowest BCUT2D eigenvalue weighted by Gasteiger charge is -2.03. The van der Waals surface area contributed by atoms with E-state index in [1.807, 2.05) is 0 Å². The summed E-state index contributed by atoms with van der Waals surface area (Å²) in [5.41, 5.74) is 5.85. The third-order valence-corrected chi connectivity index (χ3v) is 1.61. The van der Waals surface area contributed by atoms with Gasteiger partial charge in [-0.2, -0.15) is 0 Å². The second-order valence-corrected chi connectivity index (χ2v) is 2.67. The number of benzene rings is 1. The van der Waals surface area contributed by atoms with Gasteiger partial charge in [0.1, 0.15) is 0 Å². The Morgan fingerprint density at radius 1 is 1.57 bits per heavy atom. The van der Waals surface area contributed by atoms with Crippen LogP contribution in [-0.2, 0) is 6.42 Å². The third kappa shape index (κ3) is 3.22. The van der Waals surface area contributed by atoms with E-state index in [2.05, 4.69) is 0 Å². The molecule has 1 aromatic carbocycles. The molecule has 0 bridgehead atoms. The molecule has 3 nitrogen and oxygen atoms in total. The van der Waals surface area contributed by atoms with Gasteiger partial charge in [-0.05, 0) is 17.7 Å². The van der Waals surface area contributed by atoms with E-state index in [1.165, 1.54) is 19.2 Å². The molecule has 0 spiro atoms. The van der Waals surface area contributed by atoms with Crippen LogP contribution in [-0.4, -0.2) is 12.9 Å². The largest absolute Gasteiger partial charge is 0.494 e. The van der Waals surface area contributed by atoms with Gasteiger partial charge in [0.25, 0.3) is 0 Å². The highest BCUT2D eigenvalue weighted by Gasteiger charge is 2.03. The molecule has 0 aromatic heterocycles. The van der Waals surface area contributed by atoms with Crippen molar-refractivity contribution in [1.82, 2.24) is 0 Å². The van der Waals surface area contributed by atoms with E-state index in [9.17, 15) is 4.39 Å². The van der Waals surface area contributed by atoms with Gasteiger partial charge in [0, 0.05) is 6.42 Å². The van der Waals surface area contributed by atoms with Crippen molar-refractivity contribution >= 4 is 18.2 Å². The van der Waals surface area contributed by atoms with Gasteiger partial charge in [-0.3, -0.25) is 5.41 Å². The fourth-order valence-corrected chi connectivity index (χ4v) is 1.04. The molecule has 0 aliphatic heterocycles. The predicted octanol–water partition coefficient (Wildman–Crippen LogP) is 1.73. The quantitative estimate of drug-likeness (QED) is 0.600. The Kier molecular flexibility index (Phi) is 4.94. The maximum Gasteiger partial charge on any atom is 0.165 e. The molecule has 78 valence electrons. The Morgan fingerprint density at radius 2 is 2.21 bits per heavy atom. The van der Waals surface area contributed by atoms with Gasteiger partial charge in [0.2, 0.25) is 0 Å². The average molecular weight is 219 g/mol. The fraction of sp³-hybridized carbons (Fsp3) is 0.222. The minimum absolute atomic E-state index is 0. The second-order valence-electron chi connectivity index (χ2n) is 2.67. The summed E-state index contributed by atoms with van der Waals surface area (Å²) in [6, 6.07) is 4.52. The number of nitrogens with one attached hydrogen (secondary N) is 1. The molecule has 5 heteroatoms. The van der Waals surface area contributed by atoms with Crippen LogP contribution in [0, 0.1) is 11.2 Å². The van der Waals surface area contributed by atoms with Crippen molar-refractivity contribution in [2.75, 3.05) is 7.11 Å². The van der Waals surface area contributed by atoms with Crippen LogP contribution in [0.1, 0.15) is 5.56 Å². The molecule has 0 heterocycles. The summed E-state index contributed by atoms with van der Waals surface area (Å²) in [4.78, 5) is 0. The maximum atomic E-state index is 13.1. The number of methoxy groups -OCH3 is 1. The van der Waals surface area contributed by atoms with Crippen molar-refractivity contribution in [3.8, 4) is 5.75 Å². The molecule has 0 fully saturated rings. The summed E-state index contributed by atoms with van der Waals surface area (Å²) in [5.74, 6) is -0.210. The molecular weight excluding hydrogens is 207 g/mol. The van der Waals surface area contributed by atoms with E-state index in [0.29, 0.717) is 5.56 Å². The zero-order valence-corrected chi connectivity index (χ0v) is 8.53. The summed E-state index contributed by atoms with van der Waals surface area (Å²) in [5, 5.41) is 7.02. The van der Waals surface area contributed by atoms with Crippen molar-refractivity contribution in [2.24, 2.45) is 5.73 Å². The maximum absolute atomic E-state index is 13.1. The molecule has 1 rings (SSSR count). The van der Waals surface area contributed by atoms with Crippen LogP contribution in [0.15, 0.2) is 18.2 Å². The van der Waals surface area contributed by atoms with Crippen LogP contribution >= 0.6 is 12.4 Å². The molecule has 0 aliphatic rings. The summed E-state index contributed by atoms with van der Waals surface area (Å²) < 4.78 is 17.8. The highest BCUT2D eigenvalue weighted by molar-refractivity contribution is 5.85. The average Bonchev–Trinajstić information content (AvgIpc) is 2.03. The highest BCUT2D eigenvalue weighted by Crippen LogP contribution is 2.17. The van der Waals surface area contributed by atoms with Gasteiger partial charge in [-0.15, -0.1) is 12.4 Å². The Balaban J connectivity index is 0.00000169. The van der Waals surface area contributed by atoms with Gasteiger partial charge in [0.15, 0.2) is 11.6 Å². The zero-order valence-electron chi connectivity index (χ0n) is 7.71. The van der Waals surface area contributed by atoms with Crippen LogP contribution in [0.2, 0.25) is 0 Å². The Hall–Kier alpha value is -1.29. The smallest absolute Gasteiger partial charge is 0.165 e. The van der Waals surface area contributed by atoms with Crippen LogP contribution in [0.3, 0.4) is 0 Å². The van der Waals surface area contributed by atoms with Crippen LogP contribution in [0.5, 0.6) is 5.75 Å². The van der Waals surface area contributed by atoms with Crippen LogP contribution < -0.4 is 10.5 Å². The van der Waals surface area contributed by atoms with E-state index in [4.69, 9.17) is 15.9 Å². The Labute approximate surface area is 88.0 Å². The van der Waals surface area contributed by atoms with Crippen molar-refractivity contribution in [3.63, 3.8) is 0 Å². The lowest BCUT2D eigenvalue weighted by Crippen LogP contribution is -2.12. The number of nitrogens with two attached hydrogens (primary N) is 1. The Bertz CT molecular complexity index is 331. The third-order valence-electron chi connectivity index (χ3n) is 1.61. The first-order valence-corrected chi connectivity index (χ1v) is 3.79. The molecule has 0 aliphatic carbocycles. The lowest BCUT2D eigenvalue weighted by atomic mass is 10.1.